The van der Waals surface area contributed by atoms with E-state index < -0.39 is 10.0 Å². The summed E-state index contributed by atoms with van der Waals surface area (Å²) in [5, 5.41) is 0.568. The average Bonchev–Trinajstić information content (AvgIpc) is 2.38. The Balaban J connectivity index is 2.51. The molecule has 2 aromatic carbocycles. The summed E-state index contributed by atoms with van der Waals surface area (Å²) in [5.74, 6) is 0. The van der Waals surface area contributed by atoms with Crippen LogP contribution in [0, 0.1) is 27.7 Å². The number of rotatable bonds is 3. The molecule has 5 heteroatoms. The van der Waals surface area contributed by atoms with Crippen LogP contribution in [0.2, 0.25) is 5.02 Å². The van der Waals surface area contributed by atoms with Crippen molar-refractivity contribution < 1.29 is 8.42 Å². The van der Waals surface area contributed by atoms with Gasteiger partial charge in [0.05, 0.1) is 10.6 Å². The molecule has 0 aliphatic rings. The summed E-state index contributed by atoms with van der Waals surface area (Å²) >= 11 is 6.03. The predicted octanol–water partition coefficient (Wildman–Crippen LogP) is 4.37. The molecular formula is C16H18ClNO2S. The largest absolute Gasteiger partial charge is 0.279 e. The van der Waals surface area contributed by atoms with Crippen LogP contribution in [0.1, 0.15) is 22.3 Å². The summed E-state index contributed by atoms with van der Waals surface area (Å²) in [6, 6.07) is 8.94. The second kappa shape index (κ2) is 5.70. The molecule has 21 heavy (non-hydrogen) atoms. The molecule has 112 valence electrons. The first kappa shape index (κ1) is 15.9. The van der Waals surface area contributed by atoms with E-state index in [0.29, 0.717) is 16.3 Å². The third-order valence-electron chi connectivity index (χ3n) is 3.46. The zero-order valence-electron chi connectivity index (χ0n) is 12.5. The average molecular weight is 324 g/mol. The molecule has 0 aliphatic heterocycles. The van der Waals surface area contributed by atoms with Gasteiger partial charge in [0.1, 0.15) is 0 Å². The first-order valence-electron chi connectivity index (χ1n) is 6.58. The Morgan fingerprint density at radius 2 is 1.48 bits per heavy atom. The zero-order chi connectivity index (χ0) is 15.8. The van der Waals surface area contributed by atoms with Crippen LogP contribution in [0.3, 0.4) is 0 Å². The molecule has 3 nitrogen and oxygen atoms in total. The Labute approximate surface area is 131 Å². The Hall–Kier alpha value is -1.52. The van der Waals surface area contributed by atoms with Gasteiger partial charge in [0.15, 0.2) is 0 Å². The molecule has 0 amide bonds. The molecule has 0 fully saturated rings. The lowest BCUT2D eigenvalue weighted by Crippen LogP contribution is -2.16. The Kier molecular flexibility index (Phi) is 4.30. The normalized spacial score (nSPS) is 11.5. The molecule has 0 aliphatic carbocycles. The van der Waals surface area contributed by atoms with E-state index in [1.54, 1.807) is 26.0 Å². The molecule has 0 radical (unpaired) electrons. The fourth-order valence-corrected chi connectivity index (χ4v) is 3.94. The summed E-state index contributed by atoms with van der Waals surface area (Å²) in [7, 11) is -3.64. The first-order chi connectivity index (χ1) is 9.72. The van der Waals surface area contributed by atoms with E-state index in [0.717, 1.165) is 16.7 Å². The number of anilines is 1. The van der Waals surface area contributed by atoms with E-state index in [9.17, 15) is 8.42 Å². The van der Waals surface area contributed by atoms with Crippen LogP contribution in [0.25, 0.3) is 0 Å². The van der Waals surface area contributed by atoms with Gasteiger partial charge in [0.2, 0.25) is 0 Å². The SMILES string of the molecule is Cc1cc(S(=O)(=O)Nc2c(C)cccc2C)c(C)cc1Cl. The van der Waals surface area contributed by atoms with Gasteiger partial charge in [-0.1, -0.05) is 29.8 Å². The van der Waals surface area contributed by atoms with Crippen molar-refractivity contribution in [2.75, 3.05) is 4.72 Å². The second-order valence-electron chi connectivity index (χ2n) is 5.24. The van der Waals surface area contributed by atoms with Crippen molar-refractivity contribution in [1.82, 2.24) is 0 Å². The summed E-state index contributed by atoms with van der Waals surface area (Å²) in [6.07, 6.45) is 0. The molecule has 0 aromatic heterocycles. The maximum Gasteiger partial charge on any atom is 0.262 e. The molecule has 0 spiro atoms. The number of para-hydroxylation sites is 1. The number of hydrogen-bond donors (Lipinski definition) is 1. The highest BCUT2D eigenvalue weighted by Gasteiger charge is 2.19. The maximum absolute atomic E-state index is 12.6. The number of benzene rings is 2. The molecule has 0 bridgehead atoms. The summed E-state index contributed by atoms with van der Waals surface area (Å²) in [5.41, 5.74) is 3.78. The number of hydrogen-bond acceptors (Lipinski definition) is 2. The molecule has 2 rings (SSSR count). The van der Waals surface area contributed by atoms with Crippen molar-refractivity contribution in [1.29, 1.82) is 0 Å². The van der Waals surface area contributed by atoms with Crippen LogP contribution in [-0.4, -0.2) is 8.42 Å². The van der Waals surface area contributed by atoms with Gasteiger partial charge in [-0.25, -0.2) is 8.42 Å². The molecule has 2 aromatic rings. The monoisotopic (exact) mass is 323 g/mol. The van der Waals surface area contributed by atoms with Crippen LogP contribution in [0.4, 0.5) is 5.69 Å². The standard InChI is InChI=1S/C16H18ClNO2S/c1-10-6-5-7-11(2)16(10)18-21(19,20)15-9-12(3)14(17)8-13(15)4/h5-9,18H,1-4H3. The van der Waals surface area contributed by atoms with E-state index >= 15 is 0 Å². The third kappa shape index (κ3) is 3.22. The Morgan fingerprint density at radius 3 is 2.05 bits per heavy atom. The van der Waals surface area contributed by atoms with Gasteiger partial charge in [-0.2, -0.15) is 0 Å². The summed E-state index contributed by atoms with van der Waals surface area (Å²) in [6.45, 7) is 7.29. The van der Waals surface area contributed by atoms with Gasteiger partial charge in [0.25, 0.3) is 10.0 Å². The summed E-state index contributed by atoms with van der Waals surface area (Å²) < 4.78 is 28.0. The quantitative estimate of drug-likeness (QED) is 0.911. The summed E-state index contributed by atoms with van der Waals surface area (Å²) in [4.78, 5) is 0.257. The lowest BCUT2D eigenvalue weighted by atomic mass is 10.1. The van der Waals surface area contributed by atoms with Gasteiger partial charge in [-0.3, -0.25) is 4.72 Å². The highest BCUT2D eigenvalue weighted by molar-refractivity contribution is 7.92. The van der Waals surface area contributed by atoms with Crippen LogP contribution in [0.15, 0.2) is 35.2 Å². The van der Waals surface area contributed by atoms with Crippen molar-refractivity contribution in [3.63, 3.8) is 0 Å². The van der Waals surface area contributed by atoms with Crippen molar-refractivity contribution in [3.05, 3.63) is 57.6 Å². The second-order valence-corrected chi connectivity index (χ2v) is 7.30. The molecule has 0 saturated heterocycles. The maximum atomic E-state index is 12.6. The molecule has 1 N–H and O–H groups in total. The number of sulfonamides is 1. The van der Waals surface area contributed by atoms with E-state index in [1.807, 2.05) is 32.0 Å². The molecular weight excluding hydrogens is 306 g/mol. The van der Waals surface area contributed by atoms with Crippen LogP contribution in [0.5, 0.6) is 0 Å². The topological polar surface area (TPSA) is 46.2 Å². The predicted molar refractivity (Wildman–Crippen MR) is 87.7 cm³/mol. The van der Waals surface area contributed by atoms with Gasteiger partial charge in [-0.15, -0.1) is 0 Å². The Morgan fingerprint density at radius 1 is 0.905 bits per heavy atom. The first-order valence-corrected chi connectivity index (χ1v) is 8.44. The molecule has 0 atom stereocenters. The van der Waals surface area contributed by atoms with Crippen molar-refractivity contribution in [2.45, 2.75) is 32.6 Å². The molecule has 0 unspecified atom stereocenters. The van der Waals surface area contributed by atoms with Gasteiger partial charge < -0.3 is 0 Å². The minimum absolute atomic E-state index is 0.257. The van der Waals surface area contributed by atoms with Crippen molar-refractivity contribution in [2.24, 2.45) is 0 Å². The van der Waals surface area contributed by atoms with E-state index in [2.05, 4.69) is 4.72 Å². The minimum Gasteiger partial charge on any atom is -0.279 e. The van der Waals surface area contributed by atoms with Crippen molar-refractivity contribution >= 4 is 27.3 Å². The smallest absolute Gasteiger partial charge is 0.262 e. The fraction of sp³-hybridized carbons (Fsp3) is 0.250. The number of halogens is 1. The van der Waals surface area contributed by atoms with Crippen molar-refractivity contribution in [3.8, 4) is 0 Å². The molecule has 0 saturated carbocycles. The highest BCUT2D eigenvalue weighted by atomic mass is 35.5. The van der Waals surface area contributed by atoms with E-state index in [4.69, 9.17) is 11.6 Å². The van der Waals surface area contributed by atoms with Crippen LogP contribution < -0.4 is 4.72 Å². The molecule has 0 heterocycles. The van der Waals surface area contributed by atoms with Gasteiger partial charge >= 0.3 is 0 Å². The number of aryl methyl sites for hydroxylation is 4. The van der Waals surface area contributed by atoms with Crippen LogP contribution >= 0.6 is 11.6 Å². The van der Waals surface area contributed by atoms with Crippen LogP contribution in [-0.2, 0) is 10.0 Å². The number of nitrogens with one attached hydrogen (secondary N) is 1. The Bertz CT molecular complexity index is 778. The zero-order valence-corrected chi connectivity index (χ0v) is 14.1. The van der Waals surface area contributed by atoms with Gasteiger partial charge in [-0.05, 0) is 62.1 Å². The fourth-order valence-electron chi connectivity index (χ4n) is 2.21. The van der Waals surface area contributed by atoms with E-state index in [-0.39, 0.29) is 4.90 Å². The lowest BCUT2D eigenvalue weighted by molar-refractivity contribution is 0.600. The lowest BCUT2D eigenvalue weighted by Gasteiger charge is -2.15. The third-order valence-corrected chi connectivity index (χ3v) is 5.36. The van der Waals surface area contributed by atoms with Gasteiger partial charge in [0, 0.05) is 5.02 Å². The highest BCUT2D eigenvalue weighted by Crippen LogP contribution is 2.27. The van der Waals surface area contributed by atoms with E-state index in [1.165, 1.54) is 0 Å². The minimum atomic E-state index is -3.64.